The standard InChI is InChI=1S/C32H38FN5O4S/c1-19(2)16-24(31(41)38-17-23(7-6-20-4-5-20)28-27(38)25(39)18-42-28)34-30(40)22-10-8-21(9-11-22)26-29(33)43-32(35-26)37-14-12-36(3)13-15-37/h8-11,19-20,23-24,27-28H,4-5,12-18H2,1-3H3,(H,34,40). The van der Waals surface area contributed by atoms with Gasteiger partial charge in [0.2, 0.25) is 11.0 Å². The van der Waals surface area contributed by atoms with E-state index >= 15 is 0 Å². The fourth-order valence-electron chi connectivity index (χ4n) is 5.98. The number of nitrogens with zero attached hydrogens (tertiary/aromatic N) is 4. The second-order valence-electron chi connectivity index (χ2n) is 12.5. The molecule has 0 spiro atoms. The number of ether oxygens (including phenoxy) is 1. The van der Waals surface area contributed by atoms with Crippen molar-refractivity contribution in [1.29, 1.82) is 0 Å². The third kappa shape index (κ3) is 6.47. The van der Waals surface area contributed by atoms with Crippen molar-refractivity contribution in [1.82, 2.24) is 20.1 Å². The topological polar surface area (TPSA) is 95.1 Å². The maximum atomic E-state index is 14.9. The van der Waals surface area contributed by atoms with Crippen LogP contribution in [0.5, 0.6) is 0 Å². The number of thiazole rings is 1. The molecule has 9 nitrogen and oxygen atoms in total. The number of aromatic nitrogens is 1. The summed E-state index contributed by atoms with van der Waals surface area (Å²) in [5.41, 5.74) is 1.21. The zero-order chi connectivity index (χ0) is 30.2. The second-order valence-corrected chi connectivity index (χ2v) is 13.4. The molecule has 43 heavy (non-hydrogen) atoms. The van der Waals surface area contributed by atoms with Crippen molar-refractivity contribution in [3.8, 4) is 23.1 Å². The highest BCUT2D eigenvalue weighted by Crippen LogP contribution is 2.35. The molecule has 1 aliphatic carbocycles. The van der Waals surface area contributed by atoms with Crippen molar-refractivity contribution in [3.05, 3.63) is 35.0 Å². The number of carbonyl (C=O) groups is 3. The van der Waals surface area contributed by atoms with Crippen LogP contribution >= 0.6 is 11.3 Å². The highest BCUT2D eigenvalue weighted by atomic mass is 32.1. The van der Waals surface area contributed by atoms with Crippen LogP contribution in [-0.4, -0.2) is 96.9 Å². The lowest BCUT2D eigenvalue weighted by molar-refractivity contribution is -0.138. The van der Waals surface area contributed by atoms with Crippen molar-refractivity contribution in [2.24, 2.45) is 17.8 Å². The predicted octanol–water partition coefficient (Wildman–Crippen LogP) is 3.05. The van der Waals surface area contributed by atoms with Crippen LogP contribution in [0.1, 0.15) is 43.5 Å². The number of likely N-dealkylation sites (tertiary alicyclic amines) is 1. The zero-order valence-corrected chi connectivity index (χ0v) is 25.7. The molecule has 2 aromatic rings. The molecule has 1 aromatic heterocycles. The summed E-state index contributed by atoms with van der Waals surface area (Å²) in [5, 5.41) is 3.22. The molecular weight excluding hydrogens is 569 g/mol. The Morgan fingerprint density at radius 2 is 1.86 bits per heavy atom. The maximum Gasteiger partial charge on any atom is 0.251 e. The van der Waals surface area contributed by atoms with Gasteiger partial charge in [-0.05, 0) is 44.4 Å². The highest BCUT2D eigenvalue weighted by molar-refractivity contribution is 7.14. The van der Waals surface area contributed by atoms with E-state index in [1.165, 1.54) is 0 Å². The molecule has 3 aliphatic heterocycles. The van der Waals surface area contributed by atoms with Crippen LogP contribution in [0, 0.1) is 34.7 Å². The van der Waals surface area contributed by atoms with Crippen molar-refractivity contribution >= 4 is 34.1 Å². The van der Waals surface area contributed by atoms with E-state index in [9.17, 15) is 18.8 Å². The van der Waals surface area contributed by atoms with Gasteiger partial charge >= 0.3 is 0 Å². The van der Waals surface area contributed by atoms with E-state index in [0.717, 1.165) is 50.4 Å². The van der Waals surface area contributed by atoms with Crippen LogP contribution < -0.4 is 10.2 Å². The minimum Gasteiger partial charge on any atom is -0.366 e. The number of benzene rings is 1. The summed E-state index contributed by atoms with van der Waals surface area (Å²) in [7, 11) is 2.07. The lowest BCUT2D eigenvalue weighted by Gasteiger charge is -2.31. The number of hydrogen-bond donors (Lipinski definition) is 1. The minimum atomic E-state index is -0.807. The molecule has 2 amide bonds. The SMILES string of the molecule is CC(C)CC(NC(=O)c1ccc(-c2nc(N3CCN(C)CC3)sc2F)cc1)C(=O)N1CC(C#CC2CC2)C2OCC(=O)C21. The summed E-state index contributed by atoms with van der Waals surface area (Å²) in [6.45, 7) is 7.66. The number of amides is 2. The third-order valence-electron chi connectivity index (χ3n) is 8.60. The number of anilines is 1. The average Bonchev–Trinajstić information content (AvgIpc) is 3.46. The van der Waals surface area contributed by atoms with Crippen molar-refractivity contribution in [2.45, 2.75) is 51.3 Å². The first kappa shape index (κ1) is 29.7. The minimum absolute atomic E-state index is 0.0231. The Kier molecular flexibility index (Phi) is 8.54. The molecule has 4 unspecified atom stereocenters. The molecule has 4 fully saturated rings. The van der Waals surface area contributed by atoms with E-state index < -0.39 is 24.1 Å². The van der Waals surface area contributed by atoms with Crippen molar-refractivity contribution in [3.63, 3.8) is 0 Å². The van der Waals surface area contributed by atoms with Gasteiger partial charge < -0.3 is 24.8 Å². The van der Waals surface area contributed by atoms with Gasteiger partial charge in [-0.1, -0.05) is 49.2 Å². The normalized spacial score (nSPS) is 24.6. The van der Waals surface area contributed by atoms with E-state index in [-0.39, 0.29) is 41.0 Å². The molecule has 4 atom stereocenters. The van der Waals surface area contributed by atoms with Crippen LogP contribution in [0.4, 0.5) is 9.52 Å². The summed E-state index contributed by atoms with van der Waals surface area (Å²) in [6.07, 6.45) is 2.18. The highest BCUT2D eigenvalue weighted by Gasteiger charge is 2.52. The molecule has 1 aromatic carbocycles. The Labute approximate surface area is 255 Å². The molecule has 1 saturated carbocycles. The van der Waals surface area contributed by atoms with Crippen LogP contribution in [-0.2, 0) is 14.3 Å². The first-order chi connectivity index (χ1) is 20.7. The molecule has 228 valence electrons. The molecule has 0 radical (unpaired) electrons. The molecule has 1 N–H and O–H groups in total. The fraction of sp³-hybridized carbons (Fsp3) is 0.562. The van der Waals surface area contributed by atoms with E-state index in [2.05, 4.69) is 39.0 Å². The number of fused-ring (bicyclic) bond motifs is 1. The fourth-order valence-corrected chi connectivity index (χ4v) is 6.85. The molecule has 11 heteroatoms. The van der Waals surface area contributed by atoms with E-state index in [0.29, 0.717) is 35.1 Å². The molecule has 0 bridgehead atoms. The summed E-state index contributed by atoms with van der Waals surface area (Å²) < 4.78 is 20.7. The van der Waals surface area contributed by atoms with E-state index in [1.807, 2.05) is 13.8 Å². The number of Topliss-reactive ketones (excluding diaryl/α,β-unsaturated/α-hetero) is 1. The summed E-state index contributed by atoms with van der Waals surface area (Å²) in [4.78, 5) is 50.4. The third-order valence-corrected chi connectivity index (χ3v) is 9.50. The number of rotatable bonds is 7. The van der Waals surface area contributed by atoms with Crippen LogP contribution in [0.25, 0.3) is 11.3 Å². The van der Waals surface area contributed by atoms with E-state index in [1.54, 1.807) is 29.2 Å². The molecular formula is C32H38FN5O4S. The van der Waals surface area contributed by atoms with Crippen LogP contribution in [0.2, 0.25) is 0 Å². The van der Waals surface area contributed by atoms with Gasteiger partial charge in [0.05, 0.1) is 5.92 Å². The van der Waals surface area contributed by atoms with Gasteiger partial charge in [0.15, 0.2) is 10.9 Å². The van der Waals surface area contributed by atoms with Gasteiger partial charge in [-0.15, -0.1) is 0 Å². The summed E-state index contributed by atoms with van der Waals surface area (Å²) in [6, 6.07) is 5.14. The van der Waals surface area contributed by atoms with Gasteiger partial charge in [-0.25, -0.2) is 4.98 Å². The van der Waals surface area contributed by atoms with Gasteiger partial charge in [0.1, 0.15) is 30.5 Å². The predicted molar refractivity (Wildman–Crippen MR) is 162 cm³/mol. The van der Waals surface area contributed by atoms with Gasteiger partial charge in [0.25, 0.3) is 5.91 Å². The Hall–Kier alpha value is -3.33. The molecule has 4 aliphatic rings. The number of nitrogens with one attached hydrogen (secondary N) is 1. The smallest absolute Gasteiger partial charge is 0.251 e. The largest absolute Gasteiger partial charge is 0.366 e. The monoisotopic (exact) mass is 607 g/mol. The Balaban J connectivity index is 1.15. The molecule has 3 saturated heterocycles. The number of halogens is 1. The summed E-state index contributed by atoms with van der Waals surface area (Å²) in [5.74, 6) is 6.03. The molecule has 6 rings (SSSR count). The average molecular weight is 608 g/mol. The Morgan fingerprint density at radius 1 is 1.14 bits per heavy atom. The lowest BCUT2D eigenvalue weighted by Crippen LogP contribution is -2.52. The molecule has 4 heterocycles. The van der Waals surface area contributed by atoms with Crippen molar-refractivity contribution in [2.75, 3.05) is 51.3 Å². The number of carbonyl (C=O) groups excluding carboxylic acids is 3. The van der Waals surface area contributed by atoms with Gasteiger partial charge in [0, 0.05) is 49.8 Å². The first-order valence-electron chi connectivity index (χ1n) is 15.1. The Morgan fingerprint density at radius 3 is 2.53 bits per heavy atom. The van der Waals surface area contributed by atoms with E-state index in [4.69, 9.17) is 4.74 Å². The van der Waals surface area contributed by atoms with Crippen LogP contribution in [0.15, 0.2) is 24.3 Å². The maximum absolute atomic E-state index is 14.9. The van der Waals surface area contributed by atoms with Crippen LogP contribution in [0.3, 0.4) is 0 Å². The number of likely N-dealkylation sites (N-methyl/N-ethyl adjacent to an activating group) is 1. The number of piperazine rings is 1. The van der Waals surface area contributed by atoms with Gasteiger partial charge in [-0.3, -0.25) is 14.4 Å². The summed E-state index contributed by atoms with van der Waals surface area (Å²) >= 11 is 1.04. The number of ketones is 1. The number of hydrogen-bond acceptors (Lipinski definition) is 8. The lowest BCUT2D eigenvalue weighted by atomic mass is 10.0. The van der Waals surface area contributed by atoms with Crippen molar-refractivity contribution < 1.29 is 23.5 Å². The quantitative estimate of drug-likeness (QED) is 0.484. The van der Waals surface area contributed by atoms with Gasteiger partial charge in [-0.2, -0.15) is 4.39 Å². The first-order valence-corrected chi connectivity index (χ1v) is 16.0. The second kappa shape index (κ2) is 12.3. The zero-order valence-electron chi connectivity index (χ0n) is 24.8. The Bertz CT molecular complexity index is 1440.